The van der Waals surface area contributed by atoms with Gasteiger partial charge in [0.15, 0.2) is 0 Å². The Bertz CT molecular complexity index is 122. The minimum absolute atomic E-state index is 0.527. The van der Waals surface area contributed by atoms with Crippen molar-refractivity contribution in [2.45, 2.75) is 72.6 Å². The molecule has 0 aromatic rings. The van der Waals surface area contributed by atoms with Gasteiger partial charge in [-0.2, -0.15) is 0 Å². The Morgan fingerprint density at radius 1 is 1.00 bits per heavy atom. The molecule has 0 fully saturated rings. The first-order valence-corrected chi connectivity index (χ1v) is 6.27. The Morgan fingerprint density at radius 2 is 1.64 bits per heavy atom. The molecule has 0 aromatic carbocycles. The van der Waals surface area contributed by atoms with E-state index in [9.17, 15) is 0 Å². The second-order valence-electron chi connectivity index (χ2n) is 5.76. The van der Waals surface area contributed by atoms with Gasteiger partial charge in [-0.15, -0.1) is 0 Å². The molecule has 14 heavy (non-hydrogen) atoms. The predicted molar refractivity (Wildman–Crippen MR) is 66.3 cm³/mol. The van der Waals surface area contributed by atoms with Gasteiger partial charge < -0.3 is 0 Å². The summed E-state index contributed by atoms with van der Waals surface area (Å²) in [7, 11) is 0. The zero-order valence-corrected chi connectivity index (χ0v) is 10.7. The van der Waals surface area contributed by atoms with Crippen LogP contribution in [-0.2, 0) is 0 Å². The SMILES string of the molecule is [CH2]CCC(C)(C)CCCCCC(C)C. The molecule has 0 N–H and O–H groups in total. The van der Waals surface area contributed by atoms with Crippen LogP contribution < -0.4 is 0 Å². The molecule has 0 rings (SSSR count). The van der Waals surface area contributed by atoms with Crippen LogP contribution >= 0.6 is 0 Å². The van der Waals surface area contributed by atoms with E-state index < -0.39 is 0 Å². The summed E-state index contributed by atoms with van der Waals surface area (Å²) in [4.78, 5) is 0. The van der Waals surface area contributed by atoms with E-state index in [4.69, 9.17) is 0 Å². The molecule has 0 saturated heterocycles. The number of hydrogen-bond donors (Lipinski definition) is 0. The van der Waals surface area contributed by atoms with Crippen LogP contribution in [0.2, 0.25) is 0 Å². The normalized spacial score (nSPS) is 12.4. The Labute approximate surface area is 91.5 Å². The van der Waals surface area contributed by atoms with Gasteiger partial charge >= 0.3 is 0 Å². The second-order valence-corrected chi connectivity index (χ2v) is 5.76. The van der Waals surface area contributed by atoms with Gasteiger partial charge in [0.2, 0.25) is 0 Å². The van der Waals surface area contributed by atoms with Crippen LogP contribution in [0, 0.1) is 18.3 Å². The molecule has 0 amide bonds. The predicted octanol–water partition coefficient (Wildman–Crippen LogP) is 5.23. The third-order valence-electron chi connectivity index (χ3n) is 2.99. The summed E-state index contributed by atoms with van der Waals surface area (Å²) in [5, 5.41) is 0. The van der Waals surface area contributed by atoms with Gasteiger partial charge in [0.25, 0.3) is 0 Å². The lowest BCUT2D eigenvalue weighted by Gasteiger charge is -2.23. The molecule has 0 unspecified atom stereocenters. The largest absolute Gasteiger partial charge is 0.0628 e. The fourth-order valence-corrected chi connectivity index (χ4v) is 1.94. The van der Waals surface area contributed by atoms with Crippen molar-refractivity contribution in [3.8, 4) is 0 Å². The monoisotopic (exact) mass is 197 g/mol. The Hall–Kier alpha value is 0. The highest BCUT2D eigenvalue weighted by molar-refractivity contribution is 4.69. The fraction of sp³-hybridized carbons (Fsp3) is 0.929. The van der Waals surface area contributed by atoms with E-state index in [0.29, 0.717) is 5.41 Å². The van der Waals surface area contributed by atoms with Crippen LogP contribution in [0.15, 0.2) is 0 Å². The highest BCUT2D eigenvalue weighted by atomic mass is 14.2. The van der Waals surface area contributed by atoms with Crippen molar-refractivity contribution >= 4 is 0 Å². The summed E-state index contributed by atoms with van der Waals surface area (Å²) >= 11 is 0. The van der Waals surface area contributed by atoms with Crippen LogP contribution in [0.3, 0.4) is 0 Å². The molecule has 0 atom stereocenters. The Kier molecular flexibility index (Phi) is 7.31. The van der Waals surface area contributed by atoms with Crippen molar-refractivity contribution in [1.29, 1.82) is 0 Å². The van der Waals surface area contributed by atoms with Crippen LogP contribution in [0.1, 0.15) is 72.6 Å². The lowest BCUT2D eigenvalue weighted by atomic mass is 9.82. The molecule has 0 saturated carbocycles. The minimum Gasteiger partial charge on any atom is -0.0628 e. The van der Waals surface area contributed by atoms with E-state index in [1.165, 1.54) is 38.5 Å². The molecule has 0 aliphatic rings. The van der Waals surface area contributed by atoms with Crippen molar-refractivity contribution in [2.75, 3.05) is 0 Å². The molecule has 0 aromatic heterocycles. The summed E-state index contributed by atoms with van der Waals surface area (Å²) in [5.41, 5.74) is 0.527. The summed E-state index contributed by atoms with van der Waals surface area (Å²) in [6, 6.07) is 0. The van der Waals surface area contributed by atoms with E-state index in [1.54, 1.807) is 0 Å². The van der Waals surface area contributed by atoms with Gasteiger partial charge in [0, 0.05) is 0 Å². The van der Waals surface area contributed by atoms with E-state index >= 15 is 0 Å². The zero-order chi connectivity index (χ0) is 11.0. The molecular formula is C14H29. The van der Waals surface area contributed by atoms with Gasteiger partial charge in [0.1, 0.15) is 0 Å². The van der Waals surface area contributed by atoms with E-state index in [1.807, 2.05) is 0 Å². The van der Waals surface area contributed by atoms with Crippen molar-refractivity contribution in [3.05, 3.63) is 6.92 Å². The maximum absolute atomic E-state index is 3.94. The summed E-state index contributed by atoms with van der Waals surface area (Å²) in [6.07, 6.45) is 9.36. The number of rotatable bonds is 8. The molecule has 0 nitrogen and oxygen atoms in total. The van der Waals surface area contributed by atoms with Crippen molar-refractivity contribution < 1.29 is 0 Å². The molecular weight excluding hydrogens is 168 g/mol. The first kappa shape index (κ1) is 14.0. The Balaban J connectivity index is 3.34. The zero-order valence-electron chi connectivity index (χ0n) is 10.7. The van der Waals surface area contributed by atoms with Crippen molar-refractivity contribution in [3.63, 3.8) is 0 Å². The van der Waals surface area contributed by atoms with Gasteiger partial charge in [-0.1, -0.05) is 66.7 Å². The molecule has 1 radical (unpaired) electrons. The average molecular weight is 197 g/mol. The maximum Gasteiger partial charge on any atom is -0.0354 e. The molecule has 0 heterocycles. The first-order valence-electron chi connectivity index (χ1n) is 6.27. The van der Waals surface area contributed by atoms with Gasteiger partial charge in [0.05, 0.1) is 0 Å². The highest BCUT2D eigenvalue weighted by Gasteiger charge is 2.15. The van der Waals surface area contributed by atoms with E-state index in [0.717, 1.165) is 12.3 Å². The molecule has 0 spiro atoms. The van der Waals surface area contributed by atoms with Gasteiger partial charge in [-0.3, -0.25) is 0 Å². The van der Waals surface area contributed by atoms with Crippen LogP contribution in [-0.4, -0.2) is 0 Å². The smallest absolute Gasteiger partial charge is 0.0354 e. The molecule has 0 heteroatoms. The third-order valence-corrected chi connectivity index (χ3v) is 2.99. The average Bonchev–Trinajstić information content (AvgIpc) is 2.02. The summed E-state index contributed by atoms with van der Waals surface area (Å²) < 4.78 is 0. The summed E-state index contributed by atoms with van der Waals surface area (Å²) in [6.45, 7) is 13.3. The highest BCUT2D eigenvalue weighted by Crippen LogP contribution is 2.29. The summed E-state index contributed by atoms with van der Waals surface area (Å²) in [5.74, 6) is 0.878. The Morgan fingerprint density at radius 3 is 2.14 bits per heavy atom. The standard InChI is InChI=1S/C14H29/c1-6-11-14(4,5)12-9-7-8-10-13(2)3/h13H,1,6-12H2,2-5H3. The molecule has 0 aliphatic heterocycles. The van der Waals surface area contributed by atoms with Crippen molar-refractivity contribution in [1.82, 2.24) is 0 Å². The van der Waals surface area contributed by atoms with Crippen LogP contribution in [0.25, 0.3) is 0 Å². The quantitative estimate of drug-likeness (QED) is 0.467. The fourth-order valence-electron chi connectivity index (χ4n) is 1.94. The molecule has 0 aliphatic carbocycles. The van der Waals surface area contributed by atoms with Gasteiger partial charge in [-0.25, -0.2) is 0 Å². The van der Waals surface area contributed by atoms with E-state index in [2.05, 4.69) is 34.6 Å². The first-order chi connectivity index (χ1) is 6.48. The number of hydrogen-bond acceptors (Lipinski definition) is 0. The van der Waals surface area contributed by atoms with Crippen LogP contribution in [0.4, 0.5) is 0 Å². The topological polar surface area (TPSA) is 0 Å². The number of unbranched alkanes of at least 4 members (excludes halogenated alkanes) is 2. The molecule has 85 valence electrons. The van der Waals surface area contributed by atoms with Crippen molar-refractivity contribution in [2.24, 2.45) is 11.3 Å². The van der Waals surface area contributed by atoms with E-state index in [-0.39, 0.29) is 0 Å². The maximum atomic E-state index is 3.94. The minimum atomic E-state index is 0.527. The lowest BCUT2D eigenvalue weighted by molar-refractivity contribution is 0.295. The molecule has 0 bridgehead atoms. The van der Waals surface area contributed by atoms with Gasteiger partial charge in [-0.05, 0) is 24.2 Å². The second kappa shape index (κ2) is 7.31. The third kappa shape index (κ3) is 8.59. The van der Waals surface area contributed by atoms with Crippen LogP contribution in [0.5, 0.6) is 0 Å². The lowest BCUT2D eigenvalue weighted by Crippen LogP contribution is -2.10.